The number of carbonyl (C=O) groups excluding carboxylic acids is 1. The van der Waals surface area contributed by atoms with Crippen molar-refractivity contribution in [3.05, 3.63) is 0 Å². The molecule has 4 heteroatoms. The molecule has 1 saturated heterocycles. The van der Waals surface area contributed by atoms with Gasteiger partial charge >= 0.3 is 0 Å². The Balaban J connectivity index is 2.11. The van der Waals surface area contributed by atoms with Crippen LogP contribution in [0.1, 0.15) is 52.4 Å². The first-order chi connectivity index (χ1) is 8.56. The lowest BCUT2D eigenvalue weighted by Gasteiger charge is -2.27. The van der Waals surface area contributed by atoms with E-state index in [1.807, 2.05) is 6.92 Å². The Labute approximate surface area is 111 Å². The largest absolute Gasteiger partial charge is 0.354 e. The summed E-state index contributed by atoms with van der Waals surface area (Å²) in [5, 5.41) is 2.96. The minimum atomic E-state index is -0.708. The van der Waals surface area contributed by atoms with Crippen molar-refractivity contribution < 1.29 is 4.79 Å². The third kappa shape index (κ3) is 5.36. The third-order valence-corrected chi connectivity index (χ3v) is 3.67. The standard InChI is InChI=1S/C14H29N3O/c1-3-8-14(2,15)13(18)16-9-7-12-17-10-5-4-6-11-17/h3-12,15H2,1-2H3,(H,16,18). The summed E-state index contributed by atoms with van der Waals surface area (Å²) in [6, 6.07) is 0. The Morgan fingerprint density at radius 2 is 2.00 bits per heavy atom. The van der Waals surface area contributed by atoms with Gasteiger partial charge in [0, 0.05) is 6.54 Å². The summed E-state index contributed by atoms with van der Waals surface area (Å²) in [5.41, 5.74) is 5.26. The molecule has 1 rings (SSSR count). The highest BCUT2D eigenvalue weighted by Crippen LogP contribution is 2.09. The first-order valence-electron chi connectivity index (χ1n) is 7.36. The Bertz CT molecular complexity index is 247. The lowest BCUT2D eigenvalue weighted by molar-refractivity contribution is -0.126. The van der Waals surface area contributed by atoms with Gasteiger partial charge in [-0.1, -0.05) is 19.8 Å². The molecule has 1 aliphatic rings. The van der Waals surface area contributed by atoms with Crippen molar-refractivity contribution in [2.75, 3.05) is 26.2 Å². The molecule has 3 N–H and O–H groups in total. The van der Waals surface area contributed by atoms with Crippen LogP contribution in [0, 0.1) is 0 Å². The van der Waals surface area contributed by atoms with Crippen LogP contribution in [0.25, 0.3) is 0 Å². The maximum Gasteiger partial charge on any atom is 0.239 e. The van der Waals surface area contributed by atoms with Gasteiger partial charge in [0.2, 0.25) is 5.91 Å². The number of nitrogens with zero attached hydrogens (tertiary/aromatic N) is 1. The van der Waals surface area contributed by atoms with Gasteiger partial charge in [-0.3, -0.25) is 4.79 Å². The number of carbonyl (C=O) groups is 1. The van der Waals surface area contributed by atoms with E-state index in [4.69, 9.17) is 5.73 Å². The fourth-order valence-corrected chi connectivity index (χ4v) is 2.52. The SMILES string of the molecule is CCCC(C)(N)C(=O)NCCCN1CCCCC1. The second-order valence-electron chi connectivity index (χ2n) is 5.68. The molecule has 0 spiro atoms. The van der Waals surface area contributed by atoms with Crippen molar-refractivity contribution in [3.63, 3.8) is 0 Å². The van der Waals surface area contributed by atoms with Crippen LogP contribution in [-0.2, 0) is 4.79 Å². The van der Waals surface area contributed by atoms with Crippen molar-refractivity contribution >= 4 is 5.91 Å². The van der Waals surface area contributed by atoms with Crippen LogP contribution in [0.2, 0.25) is 0 Å². The lowest BCUT2D eigenvalue weighted by Crippen LogP contribution is -2.51. The quantitative estimate of drug-likeness (QED) is 0.678. The summed E-state index contributed by atoms with van der Waals surface area (Å²) in [5.74, 6) is -0.0111. The molecule has 0 radical (unpaired) electrons. The molecule has 1 atom stereocenters. The molecule has 0 aromatic carbocycles. The van der Waals surface area contributed by atoms with Crippen LogP contribution in [-0.4, -0.2) is 42.5 Å². The zero-order valence-electron chi connectivity index (χ0n) is 12.0. The van der Waals surface area contributed by atoms with E-state index in [2.05, 4.69) is 17.1 Å². The molecule has 4 nitrogen and oxygen atoms in total. The van der Waals surface area contributed by atoms with Gasteiger partial charge in [0.25, 0.3) is 0 Å². The van der Waals surface area contributed by atoms with E-state index in [0.29, 0.717) is 0 Å². The Morgan fingerprint density at radius 3 is 2.61 bits per heavy atom. The molecule has 1 aliphatic heterocycles. The van der Waals surface area contributed by atoms with Crippen molar-refractivity contribution in [2.24, 2.45) is 5.73 Å². The van der Waals surface area contributed by atoms with Crippen molar-refractivity contribution in [1.82, 2.24) is 10.2 Å². The Hall–Kier alpha value is -0.610. The normalized spacial score (nSPS) is 20.4. The average molecular weight is 255 g/mol. The summed E-state index contributed by atoms with van der Waals surface area (Å²) in [7, 11) is 0. The molecule has 0 saturated carbocycles. The molecule has 1 amide bonds. The van der Waals surface area contributed by atoms with E-state index >= 15 is 0 Å². The van der Waals surface area contributed by atoms with Gasteiger partial charge < -0.3 is 16.0 Å². The molecule has 0 aliphatic carbocycles. The zero-order chi connectivity index (χ0) is 13.4. The number of piperidine rings is 1. The van der Waals surface area contributed by atoms with Crippen LogP contribution >= 0.6 is 0 Å². The Kier molecular flexibility index (Phi) is 6.65. The molecule has 0 aromatic rings. The van der Waals surface area contributed by atoms with Gasteiger partial charge in [-0.25, -0.2) is 0 Å². The Morgan fingerprint density at radius 1 is 1.33 bits per heavy atom. The first-order valence-corrected chi connectivity index (χ1v) is 7.36. The van der Waals surface area contributed by atoms with Gasteiger partial charge in [0.05, 0.1) is 5.54 Å². The van der Waals surface area contributed by atoms with Gasteiger partial charge in [0.15, 0.2) is 0 Å². The molecule has 1 unspecified atom stereocenters. The fourth-order valence-electron chi connectivity index (χ4n) is 2.52. The number of hydrogen-bond donors (Lipinski definition) is 2. The minimum absolute atomic E-state index is 0.0111. The van der Waals surface area contributed by atoms with Crippen LogP contribution in [0.4, 0.5) is 0 Å². The molecular formula is C14H29N3O. The zero-order valence-corrected chi connectivity index (χ0v) is 12.0. The van der Waals surface area contributed by atoms with Crippen LogP contribution < -0.4 is 11.1 Å². The maximum absolute atomic E-state index is 11.9. The van der Waals surface area contributed by atoms with E-state index in [-0.39, 0.29) is 5.91 Å². The number of amides is 1. The van der Waals surface area contributed by atoms with Crippen molar-refractivity contribution in [3.8, 4) is 0 Å². The van der Waals surface area contributed by atoms with E-state index < -0.39 is 5.54 Å². The van der Waals surface area contributed by atoms with Gasteiger partial charge in [0.1, 0.15) is 0 Å². The van der Waals surface area contributed by atoms with Gasteiger partial charge in [-0.15, -0.1) is 0 Å². The molecule has 0 bridgehead atoms. The van der Waals surface area contributed by atoms with E-state index in [0.717, 1.165) is 32.4 Å². The molecule has 106 valence electrons. The van der Waals surface area contributed by atoms with Gasteiger partial charge in [-0.05, 0) is 52.2 Å². The summed E-state index contributed by atoms with van der Waals surface area (Å²) < 4.78 is 0. The highest BCUT2D eigenvalue weighted by atomic mass is 16.2. The predicted octanol–water partition coefficient (Wildman–Crippen LogP) is 1.50. The third-order valence-electron chi connectivity index (χ3n) is 3.67. The van der Waals surface area contributed by atoms with Crippen LogP contribution in [0.5, 0.6) is 0 Å². The van der Waals surface area contributed by atoms with Gasteiger partial charge in [-0.2, -0.15) is 0 Å². The number of rotatable bonds is 7. The molecule has 1 fully saturated rings. The summed E-state index contributed by atoms with van der Waals surface area (Å²) in [6.07, 6.45) is 6.72. The van der Waals surface area contributed by atoms with E-state index in [1.165, 1.54) is 32.4 Å². The molecular weight excluding hydrogens is 226 g/mol. The topological polar surface area (TPSA) is 58.4 Å². The highest BCUT2D eigenvalue weighted by Gasteiger charge is 2.26. The predicted molar refractivity (Wildman–Crippen MR) is 75.4 cm³/mol. The molecule has 1 heterocycles. The minimum Gasteiger partial charge on any atom is -0.354 e. The summed E-state index contributed by atoms with van der Waals surface area (Å²) in [6.45, 7) is 8.14. The molecule has 0 aromatic heterocycles. The highest BCUT2D eigenvalue weighted by molar-refractivity contribution is 5.85. The lowest BCUT2D eigenvalue weighted by atomic mass is 9.96. The van der Waals surface area contributed by atoms with Crippen LogP contribution in [0.3, 0.4) is 0 Å². The monoisotopic (exact) mass is 255 g/mol. The van der Waals surface area contributed by atoms with E-state index in [1.54, 1.807) is 0 Å². The number of hydrogen-bond acceptors (Lipinski definition) is 3. The fraction of sp³-hybridized carbons (Fsp3) is 0.929. The second-order valence-corrected chi connectivity index (χ2v) is 5.68. The second kappa shape index (κ2) is 7.74. The van der Waals surface area contributed by atoms with Crippen molar-refractivity contribution in [1.29, 1.82) is 0 Å². The number of nitrogens with one attached hydrogen (secondary N) is 1. The average Bonchev–Trinajstić information content (AvgIpc) is 2.35. The van der Waals surface area contributed by atoms with Crippen LogP contribution in [0.15, 0.2) is 0 Å². The molecule has 18 heavy (non-hydrogen) atoms. The summed E-state index contributed by atoms with van der Waals surface area (Å²) in [4.78, 5) is 14.3. The number of likely N-dealkylation sites (tertiary alicyclic amines) is 1. The smallest absolute Gasteiger partial charge is 0.239 e. The maximum atomic E-state index is 11.9. The van der Waals surface area contributed by atoms with Crippen molar-refractivity contribution in [2.45, 2.75) is 57.9 Å². The number of nitrogens with two attached hydrogens (primary N) is 1. The first kappa shape index (κ1) is 15.4. The van der Waals surface area contributed by atoms with E-state index in [9.17, 15) is 4.79 Å². The summed E-state index contributed by atoms with van der Waals surface area (Å²) >= 11 is 0.